The van der Waals surface area contributed by atoms with E-state index in [1.807, 2.05) is 111 Å². The molecule has 0 atom stereocenters. The first kappa shape index (κ1) is 73.3. The third-order valence-electron chi connectivity index (χ3n) is 18.5. The molecule has 0 saturated heterocycles. The number of amides is 8. The molecule has 1 radical (unpaired) electrons. The Hall–Kier alpha value is -9.48. The summed E-state index contributed by atoms with van der Waals surface area (Å²) >= 11 is 0. The summed E-state index contributed by atoms with van der Waals surface area (Å²) in [6, 6.07) is 12.8. The van der Waals surface area contributed by atoms with Crippen molar-refractivity contribution in [2.45, 2.75) is 111 Å². The Morgan fingerprint density at radius 1 is 0.237 bits per heavy atom. The van der Waals surface area contributed by atoms with E-state index in [0.717, 1.165) is 0 Å². The van der Waals surface area contributed by atoms with Crippen LogP contribution in [-0.4, -0.2) is 221 Å². The van der Waals surface area contributed by atoms with Crippen LogP contribution in [0, 0.1) is 0 Å². The summed E-state index contributed by atoms with van der Waals surface area (Å²) in [5.41, 5.74) is 1.77. The number of hydrogen-bond acceptors (Lipinski definition) is 14. The molecule has 25 heteroatoms. The summed E-state index contributed by atoms with van der Waals surface area (Å²) in [5, 5.41) is 1.13. The molecule has 0 spiro atoms. The van der Waals surface area contributed by atoms with E-state index in [4.69, 9.17) is 39.9 Å². The maximum absolute atomic E-state index is 14.9. The second-order valence-corrected chi connectivity index (χ2v) is 23.1. The Kier molecular flexibility index (Phi) is 23.6. The van der Waals surface area contributed by atoms with Crippen molar-refractivity contribution < 1.29 is 55.4 Å². The summed E-state index contributed by atoms with van der Waals surface area (Å²) in [5.74, 6) is -3.37. The molecule has 0 N–H and O–H groups in total. The van der Waals surface area contributed by atoms with Gasteiger partial charge in [-0.05, 0) is 181 Å². The summed E-state index contributed by atoms with van der Waals surface area (Å²) in [6.07, 6.45) is 0. The topological polar surface area (TPSA) is 268 Å². The van der Waals surface area contributed by atoms with Gasteiger partial charge >= 0.3 is 17.1 Å². The number of rotatable bonds is 24. The van der Waals surface area contributed by atoms with Gasteiger partial charge in [-0.15, -0.1) is 0 Å². The van der Waals surface area contributed by atoms with E-state index >= 15 is 0 Å². The first-order chi connectivity index (χ1) is 46.2. The molecular formula is C72H88CuN16O8. The van der Waals surface area contributed by atoms with Crippen LogP contribution < -0.4 is 9.97 Å². The van der Waals surface area contributed by atoms with E-state index in [-0.39, 0.29) is 151 Å². The molecule has 8 bridgehead atoms. The largest absolute Gasteiger partial charge is 2.00 e. The molecule has 2 aliphatic heterocycles. The third-order valence-corrected chi connectivity index (χ3v) is 18.5. The van der Waals surface area contributed by atoms with Gasteiger partial charge in [0.05, 0.1) is 67.8 Å². The van der Waals surface area contributed by atoms with Crippen molar-refractivity contribution in [1.82, 2.24) is 79.1 Å². The zero-order chi connectivity index (χ0) is 69.7. The molecule has 0 fully saturated rings. The Morgan fingerprint density at radius 3 is 0.505 bits per heavy atom. The fraction of sp³-hybridized carbons (Fsp3) is 0.444. The van der Waals surface area contributed by atoms with Crippen LogP contribution in [0.3, 0.4) is 0 Å². The fourth-order valence-electron chi connectivity index (χ4n) is 12.7. The standard InChI is InChI=1S/C72H90N16O8.Cu/c1-17-81(18-2)65(89)49-33-41-42(34-50(49)66(90)82(19-3)20-4)58-73-57(41)77-59-43-35-51(67(91)83(21-5)22-6)52(68(92)84(23-7)24-8)36-44(43)61(74-59)79-63-47-39-55(71(95)87(29-13)30-14)56(72(96)88(31-15)32-16)40-48(47)64(76-63)80-62-46-38-54(70(94)86(27-11)28-12)53(69(93)85(25-9)26-10)37-45(46)60(75-62)78-58;/h33-40H,17-32H2,1-16H3,(H2,73,74,75,76,77,78,79,80,89,90,91,92,93,94,95,96);/q;+2/p-2. The van der Waals surface area contributed by atoms with Crippen LogP contribution in [0.5, 0.6) is 0 Å². The van der Waals surface area contributed by atoms with Gasteiger partial charge in [0.1, 0.15) is 0 Å². The van der Waals surface area contributed by atoms with Crippen LogP contribution in [0.1, 0.15) is 194 Å². The van der Waals surface area contributed by atoms with Crippen LogP contribution in [0.15, 0.2) is 48.5 Å². The van der Waals surface area contributed by atoms with Crippen LogP contribution in [0.4, 0.5) is 0 Å². The summed E-state index contributed by atoms with van der Waals surface area (Å²) in [4.78, 5) is 174. The maximum Gasteiger partial charge on any atom is 2.00 e. The van der Waals surface area contributed by atoms with Crippen molar-refractivity contribution in [3.8, 4) is 45.6 Å². The SMILES string of the molecule is CCN(CC)C(=O)c1cc2c(cc1C(=O)N(CC)CC)-c1nc-2nc2[n-]c(nc3nc(nc4[n-]c(n1)c1cc(C(=O)N(CC)CC)c(C(=O)N(CC)CC)cc41)-c1cc(C(=O)N(CC)CC)c(C(=O)N(CC)CC)cc1-3)c1cc(C(=O)N(CC)CC)c(C(=O)N(CC)CC)cc21.[Cu+2]. The molecule has 3 aromatic heterocycles. The first-order valence-electron chi connectivity index (χ1n) is 34.0. The van der Waals surface area contributed by atoms with E-state index in [1.54, 1.807) is 87.7 Å². The number of benzene rings is 4. The van der Waals surface area contributed by atoms with E-state index in [9.17, 15) is 38.4 Å². The minimum absolute atomic E-state index is 0. The van der Waals surface area contributed by atoms with Gasteiger partial charge in [0.15, 0.2) is 0 Å². The average molecular weight is 1370 g/mol. The molecule has 8 amide bonds. The maximum atomic E-state index is 14.9. The van der Waals surface area contributed by atoms with Crippen LogP contribution in [0.25, 0.3) is 89.7 Å². The van der Waals surface area contributed by atoms with E-state index in [1.165, 1.54) is 0 Å². The number of aromatic nitrogens is 8. The first-order valence-corrected chi connectivity index (χ1v) is 34.0. The molecule has 0 unspecified atom stereocenters. The molecule has 4 aromatic carbocycles. The summed E-state index contributed by atoms with van der Waals surface area (Å²) in [6.45, 7) is 34.9. The van der Waals surface area contributed by atoms with E-state index in [0.29, 0.717) is 105 Å². The number of carbonyl (C=O) groups is 8. The van der Waals surface area contributed by atoms with Crippen molar-refractivity contribution in [1.29, 1.82) is 0 Å². The minimum Gasteiger partial charge on any atom is -0.357 e. The molecule has 7 aromatic rings. The Balaban J connectivity index is 0.0000120. The van der Waals surface area contributed by atoms with Gasteiger partial charge in [-0.2, -0.15) is 0 Å². The minimum atomic E-state index is -0.417. The monoisotopic (exact) mass is 1370 g/mol. The second-order valence-electron chi connectivity index (χ2n) is 23.1. The normalized spacial score (nSPS) is 11.4. The molecule has 5 heterocycles. The smallest absolute Gasteiger partial charge is 0.357 e. The molecule has 9 rings (SSSR count). The second kappa shape index (κ2) is 31.2. The molecule has 515 valence electrons. The van der Waals surface area contributed by atoms with Crippen LogP contribution in [-0.2, 0) is 17.1 Å². The number of hydrogen-bond donors (Lipinski definition) is 0. The molecule has 0 aliphatic carbocycles. The zero-order valence-electron chi connectivity index (χ0n) is 58.7. The molecule has 0 saturated carbocycles. The van der Waals surface area contributed by atoms with Crippen molar-refractivity contribution in [3.63, 3.8) is 0 Å². The van der Waals surface area contributed by atoms with Gasteiger partial charge in [0.25, 0.3) is 47.3 Å². The quantitative estimate of drug-likeness (QED) is 0.0509. The van der Waals surface area contributed by atoms with Crippen molar-refractivity contribution in [2.24, 2.45) is 0 Å². The Morgan fingerprint density at radius 2 is 0.371 bits per heavy atom. The van der Waals surface area contributed by atoms with Crippen LogP contribution in [0.2, 0.25) is 0 Å². The number of carbonyl (C=O) groups excluding carboxylic acids is 8. The predicted molar refractivity (Wildman–Crippen MR) is 372 cm³/mol. The number of fused-ring (bicyclic) bond motifs is 20. The average Bonchev–Trinajstić information content (AvgIpc) is 1.57. The summed E-state index contributed by atoms with van der Waals surface area (Å²) < 4.78 is 0. The predicted octanol–water partition coefficient (Wildman–Crippen LogP) is 9.98. The fourth-order valence-corrected chi connectivity index (χ4v) is 12.7. The van der Waals surface area contributed by atoms with Gasteiger partial charge in [0, 0.05) is 150 Å². The van der Waals surface area contributed by atoms with E-state index in [2.05, 4.69) is 0 Å². The van der Waals surface area contributed by atoms with Crippen molar-refractivity contribution in [3.05, 3.63) is 93.0 Å². The Labute approximate surface area is 577 Å². The van der Waals surface area contributed by atoms with Gasteiger partial charge in [0.2, 0.25) is 0 Å². The van der Waals surface area contributed by atoms with Gasteiger partial charge in [-0.25, -0.2) is 9.97 Å². The summed E-state index contributed by atoms with van der Waals surface area (Å²) in [7, 11) is 0. The van der Waals surface area contributed by atoms with Crippen LogP contribution >= 0.6 is 0 Å². The Bertz CT molecular complexity index is 3870. The van der Waals surface area contributed by atoms with Gasteiger partial charge in [-0.3, -0.25) is 38.4 Å². The molecular weight excluding hydrogens is 1280 g/mol. The number of nitrogens with zero attached hydrogens (tertiary/aromatic N) is 16. The van der Waals surface area contributed by atoms with Crippen molar-refractivity contribution >= 4 is 91.4 Å². The molecule has 2 aliphatic rings. The van der Waals surface area contributed by atoms with Gasteiger partial charge in [-0.1, -0.05) is 0 Å². The van der Waals surface area contributed by atoms with Gasteiger partial charge < -0.3 is 69.1 Å². The van der Waals surface area contributed by atoms with E-state index < -0.39 is 47.3 Å². The molecule has 97 heavy (non-hydrogen) atoms. The zero-order valence-corrected chi connectivity index (χ0v) is 59.6. The van der Waals surface area contributed by atoms with Crippen molar-refractivity contribution in [2.75, 3.05) is 105 Å². The third kappa shape index (κ3) is 13.4. The molecule has 24 nitrogen and oxygen atoms in total.